The molecule has 0 saturated heterocycles. The van der Waals surface area contributed by atoms with E-state index >= 15 is 0 Å². The second kappa shape index (κ2) is 7.40. The van der Waals surface area contributed by atoms with E-state index < -0.39 is 26.9 Å². The standard InChI is InChI=1S/C4HCl2N3O3.C4H3Cl2N3O/c5-2-1(9(11)12)3(10)8-4(6)7-2;5-2-1(7)3(10)9-4(6)8-2/h(H,7,8,10);7H2,(H,8,9,10). The molecule has 0 atom stereocenters. The summed E-state index contributed by atoms with van der Waals surface area (Å²) < 4.78 is 0. The van der Waals surface area contributed by atoms with Crippen LogP contribution >= 0.6 is 46.4 Å². The van der Waals surface area contributed by atoms with Gasteiger partial charge in [0.25, 0.3) is 5.56 Å². The van der Waals surface area contributed by atoms with E-state index in [0.29, 0.717) is 0 Å². The molecule has 10 nitrogen and oxygen atoms in total. The normalized spacial score (nSPS) is 9.82. The van der Waals surface area contributed by atoms with Crippen molar-refractivity contribution in [1.29, 1.82) is 0 Å². The molecular weight excluding hydrogens is 386 g/mol. The lowest BCUT2D eigenvalue weighted by Gasteiger charge is -1.93. The van der Waals surface area contributed by atoms with E-state index in [4.69, 9.17) is 52.1 Å². The Morgan fingerprint density at radius 1 is 0.955 bits per heavy atom. The molecule has 0 radical (unpaired) electrons. The third-order valence-electron chi connectivity index (χ3n) is 1.89. The number of aromatic nitrogens is 4. The van der Waals surface area contributed by atoms with E-state index in [-0.39, 0.29) is 21.4 Å². The Labute approximate surface area is 140 Å². The van der Waals surface area contributed by atoms with Crippen LogP contribution in [-0.4, -0.2) is 24.9 Å². The second-order valence-electron chi connectivity index (χ2n) is 3.31. The molecule has 0 spiro atoms. The average Bonchev–Trinajstić information content (AvgIpc) is 2.34. The molecule has 0 aliphatic rings. The van der Waals surface area contributed by atoms with Crippen LogP contribution in [0.15, 0.2) is 9.59 Å². The molecule has 2 aromatic heterocycles. The van der Waals surface area contributed by atoms with Gasteiger partial charge < -0.3 is 5.73 Å². The number of aromatic amines is 2. The smallest absolute Gasteiger partial charge is 0.370 e. The Morgan fingerprint density at radius 2 is 1.41 bits per heavy atom. The van der Waals surface area contributed by atoms with Crippen molar-refractivity contribution in [1.82, 2.24) is 19.9 Å². The van der Waals surface area contributed by atoms with Gasteiger partial charge in [0.15, 0.2) is 5.15 Å². The summed E-state index contributed by atoms with van der Waals surface area (Å²) in [5.74, 6) is 0. The number of halogens is 4. The first-order valence-corrected chi connectivity index (χ1v) is 6.45. The summed E-state index contributed by atoms with van der Waals surface area (Å²) in [4.78, 5) is 41.6. The summed E-state index contributed by atoms with van der Waals surface area (Å²) in [6, 6.07) is 0. The van der Waals surface area contributed by atoms with Gasteiger partial charge in [0.2, 0.25) is 15.7 Å². The van der Waals surface area contributed by atoms with Crippen molar-refractivity contribution in [2.24, 2.45) is 0 Å². The number of nitrogens with two attached hydrogens (primary N) is 1. The lowest BCUT2D eigenvalue weighted by atomic mass is 10.5. The van der Waals surface area contributed by atoms with Crippen molar-refractivity contribution in [3.63, 3.8) is 0 Å². The maximum absolute atomic E-state index is 10.8. The van der Waals surface area contributed by atoms with Gasteiger partial charge in [-0.05, 0) is 23.2 Å². The Kier molecular flexibility index (Phi) is 6.11. The highest BCUT2D eigenvalue weighted by atomic mass is 35.5. The molecule has 0 fully saturated rings. The van der Waals surface area contributed by atoms with Gasteiger partial charge in [0, 0.05) is 0 Å². The maximum atomic E-state index is 10.8. The van der Waals surface area contributed by atoms with Gasteiger partial charge in [-0.1, -0.05) is 23.2 Å². The van der Waals surface area contributed by atoms with Crippen molar-refractivity contribution >= 4 is 57.8 Å². The van der Waals surface area contributed by atoms with Gasteiger partial charge in [0.1, 0.15) is 5.69 Å². The van der Waals surface area contributed by atoms with Gasteiger partial charge >= 0.3 is 11.2 Å². The topological polar surface area (TPSA) is 161 Å². The Hall–Kier alpha value is -1.88. The molecular formula is C8H4Cl4N6O4. The van der Waals surface area contributed by atoms with Gasteiger partial charge in [0.05, 0.1) is 4.92 Å². The summed E-state index contributed by atoms with van der Waals surface area (Å²) in [7, 11) is 0. The highest BCUT2D eigenvalue weighted by Gasteiger charge is 2.19. The molecule has 2 heterocycles. The highest BCUT2D eigenvalue weighted by molar-refractivity contribution is 6.33. The predicted molar refractivity (Wildman–Crippen MR) is 80.8 cm³/mol. The van der Waals surface area contributed by atoms with E-state index in [2.05, 4.69) is 15.0 Å². The number of nitrogens with zero attached hydrogens (tertiary/aromatic N) is 3. The van der Waals surface area contributed by atoms with E-state index in [1.807, 2.05) is 4.98 Å². The first kappa shape index (κ1) is 18.2. The van der Waals surface area contributed by atoms with Crippen LogP contribution in [0.25, 0.3) is 0 Å². The molecule has 0 amide bonds. The summed E-state index contributed by atoms with van der Waals surface area (Å²) in [5, 5.41) is 9.23. The molecule has 0 aromatic carbocycles. The first-order valence-electron chi connectivity index (χ1n) is 4.94. The number of nitrogens with one attached hydrogen (secondary N) is 2. The van der Waals surface area contributed by atoms with Crippen molar-refractivity contribution < 1.29 is 4.92 Å². The monoisotopic (exact) mass is 388 g/mol. The minimum Gasteiger partial charge on any atom is -0.392 e. The van der Waals surface area contributed by atoms with Gasteiger partial charge in [-0.3, -0.25) is 29.7 Å². The fraction of sp³-hybridized carbons (Fsp3) is 0. The molecule has 0 bridgehead atoms. The summed E-state index contributed by atoms with van der Waals surface area (Å²) in [6.07, 6.45) is 0. The summed E-state index contributed by atoms with van der Waals surface area (Å²) in [5.41, 5.74) is 2.74. The van der Waals surface area contributed by atoms with E-state index in [1.165, 1.54) is 0 Å². The molecule has 2 aromatic rings. The molecule has 22 heavy (non-hydrogen) atoms. The summed E-state index contributed by atoms with van der Waals surface area (Å²) in [6.45, 7) is 0. The molecule has 4 N–H and O–H groups in total. The minimum absolute atomic E-state index is 0.0656. The fourth-order valence-corrected chi connectivity index (χ4v) is 1.84. The van der Waals surface area contributed by atoms with Gasteiger partial charge in [-0.25, -0.2) is 9.97 Å². The Bertz CT molecular complexity index is 834. The largest absolute Gasteiger partial charge is 0.392 e. The number of H-pyrrole nitrogens is 2. The number of hydrogen-bond acceptors (Lipinski definition) is 7. The highest BCUT2D eigenvalue weighted by Crippen LogP contribution is 2.16. The zero-order valence-corrected chi connectivity index (χ0v) is 13.1. The number of nitrogen functional groups attached to an aromatic ring is 1. The zero-order valence-electron chi connectivity index (χ0n) is 10.1. The number of nitro groups is 1. The fourth-order valence-electron chi connectivity index (χ4n) is 1.00. The zero-order chi connectivity index (χ0) is 17.0. The lowest BCUT2D eigenvalue weighted by molar-refractivity contribution is -0.386. The van der Waals surface area contributed by atoms with E-state index in [9.17, 15) is 19.7 Å². The quantitative estimate of drug-likeness (QED) is 0.289. The predicted octanol–water partition coefficient (Wildman–Crippen LogP) is 1.64. The van der Waals surface area contributed by atoms with Crippen molar-refractivity contribution in [2.45, 2.75) is 0 Å². The van der Waals surface area contributed by atoms with E-state index in [0.717, 1.165) is 0 Å². The van der Waals surface area contributed by atoms with Crippen LogP contribution in [0.1, 0.15) is 0 Å². The van der Waals surface area contributed by atoms with Crippen molar-refractivity contribution in [3.05, 3.63) is 51.7 Å². The molecule has 0 unspecified atom stereocenters. The molecule has 118 valence electrons. The lowest BCUT2D eigenvalue weighted by Crippen LogP contribution is -2.13. The number of anilines is 1. The second-order valence-corrected chi connectivity index (χ2v) is 4.75. The van der Waals surface area contributed by atoms with Crippen LogP contribution in [-0.2, 0) is 0 Å². The van der Waals surface area contributed by atoms with Crippen molar-refractivity contribution in [2.75, 3.05) is 5.73 Å². The summed E-state index contributed by atoms with van der Waals surface area (Å²) >= 11 is 21.2. The van der Waals surface area contributed by atoms with Crippen LogP contribution in [0, 0.1) is 10.1 Å². The molecule has 0 aliphatic carbocycles. The average molecular weight is 390 g/mol. The molecule has 2 rings (SSSR count). The van der Waals surface area contributed by atoms with Crippen LogP contribution in [0.2, 0.25) is 20.9 Å². The van der Waals surface area contributed by atoms with E-state index in [1.54, 1.807) is 0 Å². The third kappa shape index (κ3) is 4.56. The number of rotatable bonds is 1. The molecule has 0 aliphatic heterocycles. The number of hydrogen-bond donors (Lipinski definition) is 3. The maximum Gasteiger partial charge on any atom is 0.370 e. The SMILES string of the molecule is Nc1c(Cl)nc(Cl)[nH]c1=O.O=c1[nH]c(Cl)nc(Cl)c1[N+](=O)[O-]. The van der Waals surface area contributed by atoms with Crippen LogP contribution in [0.3, 0.4) is 0 Å². The van der Waals surface area contributed by atoms with Crippen LogP contribution in [0.4, 0.5) is 11.4 Å². The first-order chi connectivity index (χ1) is 10.1. The van der Waals surface area contributed by atoms with Gasteiger partial charge in [-0.15, -0.1) is 0 Å². The molecule has 0 saturated carbocycles. The Morgan fingerprint density at radius 3 is 1.82 bits per heavy atom. The minimum atomic E-state index is -0.968. The van der Waals surface area contributed by atoms with Crippen LogP contribution in [0.5, 0.6) is 0 Å². The molecule has 14 heteroatoms. The van der Waals surface area contributed by atoms with Gasteiger partial charge in [-0.2, -0.15) is 0 Å². The third-order valence-corrected chi connectivity index (χ3v) is 2.80. The van der Waals surface area contributed by atoms with Crippen molar-refractivity contribution in [3.8, 4) is 0 Å². The van der Waals surface area contributed by atoms with Crippen LogP contribution < -0.4 is 16.9 Å². The Balaban J connectivity index is 0.000000224.